The summed E-state index contributed by atoms with van der Waals surface area (Å²) in [7, 11) is 0. The number of rotatable bonds is 3. The molecule has 0 N–H and O–H groups in total. The van der Waals surface area contributed by atoms with Gasteiger partial charge in [-0.05, 0) is 29.7 Å². The highest BCUT2D eigenvalue weighted by Crippen LogP contribution is 2.27. The summed E-state index contributed by atoms with van der Waals surface area (Å²) in [5.74, 6) is 0.292. The number of halogens is 1. The van der Waals surface area contributed by atoms with E-state index in [0.717, 1.165) is 25.1 Å². The summed E-state index contributed by atoms with van der Waals surface area (Å²) >= 11 is 0. The van der Waals surface area contributed by atoms with Crippen molar-refractivity contribution in [1.29, 1.82) is 0 Å². The van der Waals surface area contributed by atoms with E-state index in [-0.39, 0.29) is 11.7 Å². The van der Waals surface area contributed by atoms with Gasteiger partial charge in [0.15, 0.2) is 0 Å². The van der Waals surface area contributed by atoms with Crippen LogP contribution in [0, 0.1) is 5.82 Å². The molecule has 0 unspecified atom stereocenters. The van der Waals surface area contributed by atoms with Crippen molar-refractivity contribution >= 4 is 5.91 Å². The first-order valence-corrected chi connectivity index (χ1v) is 7.29. The molecule has 0 spiro atoms. The van der Waals surface area contributed by atoms with Gasteiger partial charge in [-0.15, -0.1) is 0 Å². The summed E-state index contributed by atoms with van der Waals surface area (Å²) in [5, 5.41) is 0. The van der Waals surface area contributed by atoms with Gasteiger partial charge < -0.3 is 4.90 Å². The second-order valence-corrected chi connectivity index (χ2v) is 5.54. The van der Waals surface area contributed by atoms with Gasteiger partial charge >= 0.3 is 0 Å². The fourth-order valence-electron chi connectivity index (χ4n) is 2.87. The van der Waals surface area contributed by atoms with Crippen LogP contribution >= 0.6 is 0 Å². The number of likely N-dealkylation sites (tertiary alicyclic amines) is 1. The van der Waals surface area contributed by atoms with Crippen molar-refractivity contribution in [3.05, 3.63) is 71.5 Å². The molecule has 1 amide bonds. The lowest BCUT2D eigenvalue weighted by molar-refractivity contribution is -0.129. The smallest absolute Gasteiger partial charge is 0.227 e. The number of hydrogen-bond donors (Lipinski definition) is 0. The summed E-state index contributed by atoms with van der Waals surface area (Å²) in [6, 6.07) is 16.5. The molecule has 0 aliphatic carbocycles. The average Bonchev–Trinajstić information content (AvgIpc) is 3.00. The van der Waals surface area contributed by atoms with Crippen LogP contribution in [0.2, 0.25) is 0 Å². The number of amides is 1. The molecular weight excluding hydrogens is 265 g/mol. The maximum Gasteiger partial charge on any atom is 0.227 e. The van der Waals surface area contributed by atoms with Crippen molar-refractivity contribution in [3.8, 4) is 0 Å². The first kappa shape index (κ1) is 13.8. The molecular formula is C18H18FNO. The van der Waals surface area contributed by atoms with Crippen LogP contribution in [-0.2, 0) is 11.2 Å². The Kier molecular flexibility index (Phi) is 4.00. The van der Waals surface area contributed by atoms with E-state index in [9.17, 15) is 9.18 Å². The van der Waals surface area contributed by atoms with Crippen LogP contribution in [0.1, 0.15) is 23.5 Å². The molecule has 2 aromatic carbocycles. The zero-order valence-electron chi connectivity index (χ0n) is 11.8. The van der Waals surface area contributed by atoms with E-state index in [4.69, 9.17) is 0 Å². The predicted molar refractivity (Wildman–Crippen MR) is 80.5 cm³/mol. The van der Waals surface area contributed by atoms with Crippen molar-refractivity contribution in [2.45, 2.75) is 18.8 Å². The van der Waals surface area contributed by atoms with Crippen molar-refractivity contribution in [1.82, 2.24) is 4.90 Å². The van der Waals surface area contributed by atoms with E-state index < -0.39 is 0 Å². The van der Waals surface area contributed by atoms with E-state index in [1.165, 1.54) is 17.7 Å². The van der Waals surface area contributed by atoms with Crippen molar-refractivity contribution in [2.24, 2.45) is 0 Å². The minimum absolute atomic E-state index is 0.125. The quantitative estimate of drug-likeness (QED) is 0.845. The third-order valence-corrected chi connectivity index (χ3v) is 4.08. The maximum atomic E-state index is 12.9. The van der Waals surface area contributed by atoms with Crippen LogP contribution in [0.4, 0.5) is 4.39 Å². The second-order valence-electron chi connectivity index (χ2n) is 5.54. The van der Waals surface area contributed by atoms with Crippen LogP contribution in [0.15, 0.2) is 54.6 Å². The summed E-state index contributed by atoms with van der Waals surface area (Å²) in [4.78, 5) is 14.2. The van der Waals surface area contributed by atoms with E-state index >= 15 is 0 Å². The fraction of sp³-hybridized carbons (Fsp3) is 0.278. The summed E-state index contributed by atoms with van der Waals surface area (Å²) in [5.41, 5.74) is 2.17. The number of carbonyl (C=O) groups excluding carboxylic acids is 1. The summed E-state index contributed by atoms with van der Waals surface area (Å²) in [6.07, 6.45) is 1.36. The molecule has 1 saturated heterocycles. The molecule has 0 aromatic heterocycles. The Morgan fingerprint density at radius 1 is 1.10 bits per heavy atom. The van der Waals surface area contributed by atoms with Crippen LogP contribution < -0.4 is 0 Å². The van der Waals surface area contributed by atoms with Crippen LogP contribution in [0.3, 0.4) is 0 Å². The standard InChI is InChI=1S/C18H18FNO/c19-17-8-6-14(7-9-17)12-18(21)20-11-10-16(13-20)15-4-2-1-3-5-15/h1-9,16H,10-13H2/t16-/m0/s1. The van der Waals surface area contributed by atoms with Gasteiger partial charge in [-0.1, -0.05) is 42.5 Å². The molecule has 2 aromatic rings. The highest BCUT2D eigenvalue weighted by atomic mass is 19.1. The Morgan fingerprint density at radius 2 is 1.81 bits per heavy atom. The minimum atomic E-state index is -0.267. The van der Waals surface area contributed by atoms with Gasteiger partial charge in [-0.25, -0.2) is 4.39 Å². The molecule has 1 aliphatic rings. The van der Waals surface area contributed by atoms with Gasteiger partial charge in [0, 0.05) is 19.0 Å². The normalized spacial score (nSPS) is 18.0. The van der Waals surface area contributed by atoms with Crippen LogP contribution in [0.25, 0.3) is 0 Å². The molecule has 1 fully saturated rings. The van der Waals surface area contributed by atoms with Crippen LogP contribution in [0.5, 0.6) is 0 Å². The van der Waals surface area contributed by atoms with Gasteiger partial charge in [0.2, 0.25) is 5.91 Å². The lowest BCUT2D eigenvalue weighted by atomic mass is 9.99. The van der Waals surface area contributed by atoms with Gasteiger partial charge in [0.1, 0.15) is 5.82 Å². The lowest BCUT2D eigenvalue weighted by Crippen LogP contribution is -2.29. The van der Waals surface area contributed by atoms with Crippen molar-refractivity contribution < 1.29 is 9.18 Å². The molecule has 108 valence electrons. The molecule has 3 rings (SSSR count). The first-order chi connectivity index (χ1) is 10.2. The number of hydrogen-bond acceptors (Lipinski definition) is 1. The summed E-state index contributed by atoms with van der Waals surface area (Å²) < 4.78 is 12.9. The molecule has 2 nitrogen and oxygen atoms in total. The number of benzene rings is 2. The molecule has 21 heavy (non-hydrogen) atoms. The fourth-order valence-corrected chi connectivity index (χ4v) is 2.87. The Balaban J connectivity index is 1.61. The Hall–Kier alpha value is -2.16. The predicted octanol–water partition coefficient (Wildman–Crippen LogP) is 3.38. The zero-order valence-corrected chi connectivity index (χ0v) is 11.8. The number of carbonyl (C=O) groups is 1. The van der Waals surface area contributed by atoms with E-state index in [0.29, 0.717) is 12.3 Å². The number of nitrogens with zero attached hydrogens (tertiary/aromatic N) is 1. The summed E-state index contributed by atoms with van der Waals surface area (Å²) in [6.45, 7) is 1.59. The van der Waals surface area contributed by atoms with Gasteiger partial charge in [-0.2, -0.15) is 0 Å². The van der Waals surface area contributed by atoms with Gasteiger partial charge in [-0.3, -0.25) is 4.79 Å². The molecule has 1 aliphatic heterocycles. The molecule has 0 saturated carbocycles. The van der Waals surface area contributed by atoms with Crippen LogP contribution in [-0.4, -0.2) is 23.9 Å². The zero-order chi connectivity index (χ0) is 14.7. The Bertz CT molecular complexity index is 609. The maximum absolute atomic E-state index is 12.9. The Labute approximate surface area is 124 Å². The third-order valence-electron chi connectivity index (χ3n) is 4.08. The van der Waals surface area contributed by atoms with Crippen molar-refractivity contribution in [3.63, 3.8) is 0 Å². The molecule has 1 heterocycles. The van der Waals surface area contributed by atoms with Gasteiger partial charge in [0.25, 0.3) is 0 Å². The third kappa shape index (κ3) is 3.30. The highest BCUT2D eigenvalue weighted by Gasteiger charge is 2.26. The largest absolute Gasteiger partial charge is 0.342 e. The minimum Gasteiger partial charge on any atom is -0.342 e. The molecule has 1 atom stereocenters. The lowest BCUT2D eigenvalue weighted by Gasteiger charge is -2.17. The molecule has 0 radical (unpaired) electrons. The first-order valence-electron chi connectivity index (χ1n) is 7.29. The SMILES string of the molecule is O=C(Cc1ccc(F)cc1)N1CC[C@H](c2ccccc2)C1. The van der Waals surface area contributed by atoms with Crippen molar-refractivity contribution in [2.75, 3.05) is 13.1 Å². The highest BCUT2D eigenvalue weighted by molar-refractivity contribution is 5.79. The molecule has 3 heteroatoms. The Morgan fingerprint density at radius 3 is 2.52 bits per heavy atom. The monoisotopic (exact) mass is 283 g/mol. The van der Waals surface area contributed by atoms with E-state index in [2.05, 4.69) is 12.1 Å². The van der Waals surface area contributed by atoms with Gasteiger partial charge in [0.05, 0.1) is 6.42 Å². The topological polar surface area (TPSA) is 20.3 Å². The average molecular weight is 283 g/mol. The second kappa shape index (κ2) is 6.08. The molecule has 0 bridgehead atoms. The van der Waals surface area contributed by atoms with E-state index in [1.54, 1.807) is 12.1 Å². The van der Waals surface area contributed by atoms with E-state index in [1.807, 2.05) is 23.1 Å².